The first-order chi connectivity index (χ1) is 14.7. The number of benzene rings is 1. The Kier molecular flexibility index (Phi) is 13.1. The fourth-order valence-corrected chi connectivity index (χ4v) is 4.09. The van der Waals surface area contributed by atoms with E-state index in [-0.39, 0.29) is 22.3 Å². The van der Waals surface area contributed by atoms with Crippen molar-refractivity contribution < 1.29 is 33.1 Å². The molecule has 1 aromatic rings. The van der Waals surface area contributed by atoms with Gasteiger partial charge in [-0.05, 0) is 72.7 Å². The van der Waals surface area contributed by atoms with Crippen molar-refractivity contribution in [1.29, 1.82) is 0 Å². The molecule has 0 unspecified atom stereocenters. The topological polar surface area (TPSA) is 148 Å². The Hall–Kier alpha value is -1.72. The van der Waals surface area contributed by atoms with Gasteiger partial charge in [0, 0.05) is 6.54 Å². The number of nitrogens with zero attached hydrogens (tertiary/aromatic N) is 1. The van der Waals surface area contributed by atoms with Gasteiger partial charge >= 0.3 is 6.09 Å². The number of amides is 1. The maximum Gasteiger partial charge on any atom is 0.408 e. The first-order valence-electron chi connectivity index (χ1n) is 11.1. The number of alkyl carbamates (subject to hydrolysis) is 1. The van der Waals surface area contributed by atoms with Crippen LogP contribution in [0, 0.1) is 12.8 Å². The summed E-state index contributed by atoms with van der Waals surface area (Å²) in [6, 6.07) is 5.69. The monoisotopic (exact) mass is 490 g/mol. The molecule has 1 aromatic carbocycles. The van der Waals surface area contributed by atoms with Crippen molar-refractivity contribution in [3.8, 4) is 0 Å². The van der Waals surface area contributed by atoms with E-state index in [2.05, 4.69) is 5.32 Å². The summed E-state index contributed by atoms with van der Waals surface area (Å²) in [5, 5.41) is 13.5. The number of hydrogen-bond acceptors (Lipinski definition) is 6. The molecule has 0 aromatic heterocycles. The minimum atomic E-state index is -4.02. The van der Waals surface area contributed by atoms with E-state index in [4.69, 9.17) is 9.29 Å². The number of ether oxygens (including phenoxy) is 1. The lowest BCUT2D eigenvalue weighted by Gasteiger charge is -2.34. The van der Waals surface area contributed by atoms with E-state index in [1.807, 2.05) is 46.7 Å². The van der Waals surface area contributed by atoms with E-state index in [1.165, 1.54) is 31.4 Å². The van der Waals surface area contributed by atoms with E-state index in [0.717, 1.165) is 18.4 Å². The van der Waals surface area contributed by atoms with Gasteiger partial charge in [0.05, 0.1) is 17.0 Å². The third-order valence-corrected chi connectivity index (χ3v) is 6.00. The molecule has 0 spiro atoms. The van der Waals surface area contributed by atoms with Gasteiger partial charge in [0.25, 0.3) is 10.1 Å². The molecule has 33 heavy (non-hydrogen) atoms. The van der Waals surface area contributed by atoms with Crippen LogP contribution in [0.5, 0.6) is 0 Å². The van der Waals surface area contributed by atoms with Crippen molar-refractivity contribution in [1.82, 2.24) is 10.2 Å². The van der Waals surface area contributed by atoms with Crippen LogP contribution in [-0.2, 0) is 14.9 Å². The molecule has 0 radical (unpaired) electrons. The van der Waals surface area contributed by atoms with E-state index in [1.54, 1.807) is 12.1 Å². The lowest BCUT2D eigenvalue weighted by Crippen LogP contribution is -2.52. The molecule has 192 valence electrons. The van der Waals surface area contributed by atoms with E-state index >= 15 is 0 Å². The van der Waals surface area contributed by atoms with Gasteiger partial charge in [-0.25, -0.2) is 4.79 Å². The van der Waals surface area contributed by atoms with Crippen LogP contribution in [-0.4, -0.2) is 72.9 Å². The molecule has 0 bridgehead atoms. The van der Waals surface area contributed by atoms with Gasteiger partial charge < -0.3 is 25.5 Å². The predicted octanol–water partition coefficient (Wildman–Crippen LogP) is 2.80. The van der Waals surface area contributed by atoms with Gasteiger partial charge in [0.2, 0.25) is 0 Å². The smallest absolute Gasteiger partial charge is 0.408 e. The zero-order valence-electron chi connectivity index (χ0n) is 20.7. The zero-order chi connectivity index (χ0) is 24.5. The maximum absolute atomic E-state index is 12.0. The quantitative estimate of drug-likeness (QED) is 0.519. The summed E-state index contributed by atoms with van der Waals surface area (Å²) in [4.78, 5) is 13.9. The lowest BCUT2D eigenvalue weighted by molar-refractivity contribution is 0.0209. The molecule has 2 atom stereocenters. The number of aliphatic hydroxyl groups excluding tert-OH is 1. The molecule has 1 aliphatic rings. The fraction of sp³-hybridized carbons (Fsp3) is 0.696. The number of likely N-dealkylation sites (N-methyl/N-ethyl adjacent to an activating group) is 1. The van der Waals surface area contributed by atoms with Crippen molar-refractivity contribution in [3.63, 3.8) is 0 Å². The predicted molar refractivity (Wildman–Crippen MR) is 129 cm³/mol. The highest BCUT2D eigenvalue weighted by Gasteiger charge is 2.31. The number of rotatable bonds is 6. The first kappa shape index (κ1) is 31.3. The summed E-state index contributed by atoms with van der Waals surface area (Å²) >= 11 is 0. The van der Waals surface area contributed by atoms with Gasteiger partial charge in [-0.1, -0.05) is 37.0 Å². The van der Waals surface area contributed by atoms with Gasteiger partial charge in [0.15, 0.2) is 0 Å². The zero-order valence-corrected chi connectivity index (χ0v) is 21.5. The van der Waals surface area contributed by atoms with Crippen LogP contribution in [0.4, 0.5) is 4.79 Å². The van der Waals surface area contributed by atoms with Crippen LogP contribution in [0.15, 0.2) is 29.2 Å². The average molecular weight is 491 g/mol. The molecule has 1 aliphatic carbocycles. The second-order valence-corrected chi connectivity index (χ2v) is 11.1. The highest BCUT2D eigenvalue weighted by Crippen LogP contribution is 2.28. The highest BCUT2D eigenvalue weighted by molar-refractivity contribution is 7.85. The van der Waals surface area contributed by atoms with Crippen molar-refractivity contribution in [2.45, 2.75) is 82.4 Å². The molecule has 9 nitrogen and oxygen atoms in total. The van der Waals surface area contributed by atoms with Crippen LogP contribution < -0.4 is 5.32 Å². The number of carbonyl (C=O) groups excluding carboxylic acids is 1. The SMILES string of the molecule is CN(C)C[C@@H](NC(=O)OC(C)(C)C)[C@@H](O)C1CCCCC1.Cc1ccc(S(=O)(=O)O)cc1.O. The molecule has 0 heterocycles. The van der Waals surface area contributed by atoms with Gasteiger partial charge in [-0.15, -0.1) is 0 Å². The molecular weight excluding hydrogens is 448 g/mol. The van der Waals surface area contributed by atoms with Crippen LogP contribution in [0.25, 0.3) is 0 Å². The summed E-state index contributed by atoms with van der Waals surface area (Å²) in [5.41, 5.74) is 0.431. The molecule has 10 heteroatoms. The van der Waals surface area contributed by atoms with E-state index in [0.29, 0.717) is 6.54 Å². The molecule has 1 amide bonds. The summed E-state index contributed by atoms with van der Waals surface area (Å²) in [5.74, 6) is 0.277. The molecule has 0 saturated heterocycles. The van der Waals surface area contributed by atoms with Crippen LogP contribution in [0.1, 0.15) is 58.4 Å². The fourth-order valence-electron chi connectivity index (χ4n) is 3.61. The van der Waals surface area contributed by atoms with E-state index < -0.39 is 27.9 Å². The Morgan fingerprint density at radius 1 is 1.15 bits per heavy atom. The average Bonchev–Trinajstić information content (AvgIpc) is 2.66. The first-order valence-corrected chi connectivity index (χ1v) is 12.5. The van der Waals surface area contributed by atoms with Gasteiger partial charge in [0.1, 0.15) is 5.60 Å². The van der Waals surface area contributed by atoms with Crippen molar-refractivity contribution in [3.05, 3.63) is 29.8 Å². The maximum atomic E-state index is 12.0. The third-order valence-electron chi connectivity index (χ3n) is 5.13. The Morgan fingerprint density at radius 2 is 1.67 bits per heavy atom. The largest absolute Gasteiger partial charge is 0.444 e. The molecule has 0 aliphatic heterocycles. The summed E-state index contributed by atoms with van der Waals surface area (Å²) < 4.78 is 34.9. The van der Waals surface area contributed by atoms with Crippen LogP contribution >= 0.6 is 0 Å². The van der Waals surface area contributed by atoms with Crippen LogP contribution in [0.3, 0.4) is 0 Å². The minimum Gasteiger partial charge on any atom is -0.444 e. The molecule has 5 N–H and O–H groups in total. The molecule has 1 saturated carbocycles. The highest BCUT2D eigenvalue weighted by atomic mass is 32.2. The number of nitrogens with one attached hydrogen (secondary N) is 1. The Bertz CT molecular complexity index is 799. The number of aliphatic hydroxyl groups is 1. The third kappa shape index (κ3) is 12.9. The summed E-state index contributed by atoms with van der Waals surface area (Å²) in [7, 11) is -0.136. The Balaban J connectivity index is 0.000000720. The molecule has 2 rings (SSSR count). The minimum absolute atomic E-state index is 0. The van der Waals surface area contributed by atoms with Crippen molar-refractivity contribution in [2.24, 2.45) is 5.92 Å². The Labute approximate surface area is 198 Å². The molecular formula is C23H42N2O7S. The number of aryl methyl sites for hydroxylation is 1. The lowest BCUT2D eigenvalue weighted by atomic mass is 9.82. The number of carbonyl (C=O) groups is 1. The molecule has 1 fully saturated rings. The second-order valence-electron chi connectivity index (χ2n) is 9.69. The van der Waals surface area contributed by atoms with Crippen LogP contribution in [0.2, 0.25) is 0 Å². The number of hydrogen-bond donors (Lipinski definition) is 3. The Morgan fingerprint density at radius 3 is 2.09 bits per heavy atom. The summed E-state index contributed by atoms with van der Waals surface area (Å²) in [6.07, 6.45) is 4.71. The summed E-state index contributed by atoms with van der Waals surface area (Å²) in [6.45, 7) is 7.96. The van der Waals surface area contributed by atoms with Crippen molar-refractivity contribution >= 4 is 16.2 Å². The van der Waals surface area contributed by atoms with Gasteiger partial charge in [-0.3, -0.25) is 4.55 Å². The standard InChI is InChI=1S/C16H32N2O3.C7H8O3S.H2O/c1-16(2,3)21-15(20)17-13(11-18(4)5)14(19)12-9-7-6-8-10-12;1-6-2-4-7(5-3-6)11(8,9)10;/h12-14,19H,6-11H2,1-5H3,(H,17,20);2-5H,1H3,(H,8,9,10);1H2/t13-,14+;;/m1../s1. The van der Waals surface area contributed by atoms with Crippen molar-refractivity contribution in [2.75, 3.05) is 20.6 Å². The van der Waals surface area contributed by atoms with E-state index in [9.17, 15) is 18.3 Å². The normalized spacial score (nSPS) is 16.6. The second kappa shape index (κ2) is 13.9. The van der Waals surface area contributed by atoms with Gasteiger partial charge in [-0.2, -0.15) is 8.42 Å².